The number of allylic oxidation sites excluding steroid dienone is 1. The molecule has 0 heterocycles. The third-order valence-electron chi connectivity index (χ3n) is 2.00. The Morgan fingerprint density at radius 3 is 2.56 bits per heavy atom. The summed E-state index contributed by atoms with van der Waals surface area (Å²) in [5.74, 6) is -1.07. The molecule has 0 bridgehead atoms. The van der Waals surface area contributed by atoms with Gasteiger partial charge >= 0.3 is 11.9 Å². The van der Waals surface area contributed by atoms with Gasteiger partial charge in [0.1, 0.15) is 11.3 Å². The monoisotopic (exact) mass is 257 g/mol. The summed E-state index contributed by atoms with van der Waals surface area (Å²) < 4.78 is 9.23. The van der Waals surface area contributed by atoms with Crippen molar-refractivity contribution in [2.75, 3.05) is 20.3 Å². The number of aliphatic imine (C=N–C) groups is 1. The molecule has 0 aliphatic heterocycles. The van der Waals surface area contributed by atoms with E-state index in [1.165, 1.54) is 20.2 Å². The van der Waals surface area contributed by atoms with Crippen LogP contribution in [0.3, 0.4) is 0 Å². The van der Waals surface area contributed by atoms with Crippen molar-refractivity contribution < 1.29 is 24.2 Å². The standard InChI is InChI=1S/C12H19NO5/c1-4-18-12(16)10(9(2)14)8-13-7-5-6-11(15)17-3/h8,14H,4-7H2,1-3H3/b10-9-,13-8?. The Labute approximate surface area is 106 Å². The van der Waals surface area contributed by atoms with Crippen LogP contribution in [0.1, 0.15) is 26.7 Å². The van der Waals surface area contributed by atoms with Crippen molar-refractivity contribution in [2.24, 2.45) is 4.99 Å². The van der Waals surface area contributed by atoms with E-state index in [1.54, 1.807) is 6.92 Å². The summed E-state index contributed by atoms with van der Waals surface area (Å²) in [6.07, 6.45) is 2.04. The van der Waals surface area contributed by atoms with E-state index in [1.807, 2.05) is 0 Å². The van der Waals surface area contributed by atoms with Gasteiger partial charge in [0, 0.05) is 19.2 Å². The quantitative estimate of drug-likeness (QED) is 0.245. The number of nitrogens with zero attached hydrogens (tertiary/aromatic N) is 1. The maximum absolute atomic E-state index is 11.4. The highest BCUT2D eigenvalue weighted by Gasteiger charge is 2.11. The second-order valence-corrected chi connectivity index (χ2v) is 3.43. The van der Waals surface area contributed by atoms with Crippen LogP contribution in [0.5, 0.6) is 0 Å². The number of ether oxygens (including phenoxy) is 2. The fourth-order valence-corrected chi connectivity index (χ4v) is 1.08. The zero-order valence-corrected chi connectivity index (χ0v) is 10.9. The van der Waals surface area contributed by atoms with Crippen molar-refractivity contribution in [1.29, 1.82) is 0 Å². The van der Waals surface area contributed by atoms with E-state index >= 15 is 0 Å². The average Bonchev–Trinajstić information content (AvgIpc) is 2.32. The lowest BCUT2D eigenvalue weighted by Crippen LogP contribution is -2.11. The fraction of sp³-hybridized carbons (Fsp3) is 0.583. The summed E-state index contributed by atoms with van der Waals surface area (Å²) in [6.45, 7) is 3.65. The predicted molar refractivity (Wildman–Crippen MR) is 66.6 cm³/mol. The minimum Gasteiger partial charge on any atom is -0.512 e. The van der Waals surface area contributed by atoms with E-state index in [0.29, 0.717) is 13.0 Å². The molecule has 0 spiro atoms. The predicted octanol–water partition coefficient (Wildman–Crippen LogP) is 1.41. The molecule has 0 saturated heterocycles. The number of aliphatic hydroxyl groups excluding tert-OH is 1. The first-order valence-electron chi connectivity index (χ1n) is 5.66. The van der Waals surface area contributed by atoms with E-state index in [2.05, 4.69) is 9.73 Å². The van der Waals surface area contributed by atoms with Gasteiger partial charge in [-0.1, -0.05) is 0 Å². The fourth-order valence-electron chi connectivity index (χ4n) is 1.08. The Kier molecular flexibility index (Phi) is 8.26. The Morgan fingerprint density at radius 2 is 2.06 bits per heavy atom. The van der Waals surface area contributed by atoms with Crippen LogP contribution in [0.4, 0.5) is 0 Å². The summed E-state index contributed by atoms with van der Waals surface area (Å²) in [7, 11) is 1.32. The Balaban J connectivity index is 4.24. The van der Waals surface area contributed by atoms with Crippen LogP contribution in [-0.4, -0.2) is 43.5 Å². The molecule has 0 saturated carbocycles. The maximum atomic E-state index is 11.4. The van der Waals surface area contributed by atoms with Gasteiger partial charge in [0.2, 0.25) is 0 Å². The van der Waals surface area contributed by atoms with Gasteiger partial charge in [-0.15, -0.1) is 0 Å². The van der Waals surface area contributed by atoms with Crippen molar-refractivity contribution in [3.63, 3.8) is 0 Å². The van der Waals surface area contributed by atoms with Crippen molar-refractivity contribution in [2.45, 2.75) is 26.7 Å². The normalized spacial score (nSPS) is 12.2. The molecule has 0 aromatic heterocycles. The molecule has 0 atom stereocenters. The number of carbonyl (C=O) groups is 2. The number of carbonyl (C=O) groups excluding carboxylic acids is 2. The number of esters is 2. The number of aliphatic hydroxyl groups is 1. The maximum Gasteiger partial charge on any atom is 0.343 e. The number of hydrogen-bond acceptors (Lipinski definition) is 6. The van der Waals surface area contributed by atoms with Crippen LogP contribution in [0.25, 0.3) is 0 Å². The van der Waals surface area contributed by atoms with E-state index < -0.39 is 5.97 Å². The molecule has 0 rings (SSSR count). The van der Waals surface area contributed by atoms with Gasteiger partial charge in [-0.25, -0.2) is 4.79 Å². The minimum absolute atomic E-state index is 0.0231. The van der Waals surface area contributed by atoms with Gasteiger partial charge in [-0.2, -0.15) is 0 Å². The van der Waals surface area contributed by atoms with Crippen LogP contribution in [0.15, 0.2) is 16.3 Å². The van der Waals surface area contributed by atoms with Gasteiger partial charge in [-0.05, 0) is 20.3 Å². The van der Waals surface area contributed by atoms with E-state index in [4.69, 9.17) is 4.74 Å². The molecular weight excluding hydrogens is 238 g/mol. The van der Waals surface area contributed by atoms with Crippen LogP contribution < -0.4 is 0 Å². The highest BCUT2D eigenvalue weighted by atomic mass is 16.5. The molecule has 0 aromatic carbocycles. The third kappa shape index (κ3) is 6.67. The van der Waals surface area contributed by atoms with Crippen molar-refractivity contribution >= 4 is 18.2 Å². The molecule has 0 aromatic rings. The number of hydrogen-bond donors (Lipinski definition) is 1. The molecule has 102 valence electrons. The first-order valence-corrected chi connectivity index (χ1v) is 5.66. The highest BCUT2D eigenvalue weighted by Crippen LogP contribution is 2.02. The Bertz CT molecular complexity index is 342. The van der Waals surface area contributed by atoms with Crippen LogP contribution >= 0.6 is 0 Å². The molecule has 0 fully saturated rings. The molecule has 18 heavy (non-hydrogen) atoms. The Hall–Kier alpha value is -1.85. The van der Waals surface area contributed by atoms with E-state index in [0.717, 1.165) is 0 Å². The summed E-state index contributed by atoms with van der Waals surface area (Å²) in [4.78, 5) is 26.2. The topological polar surface area (TPSA) is 85.2 Å². The van der Waals surface area contributed by atoms with Crippen LogP contribution in [-0.2, 0) is 19.1 Å². The van der Waals surface area contributed by atoms with Gasteiger partial charge in [0.05, 0.1) is 13.7 Å². The molecule has 0 amide bonds. The zero-order valence-electron chi connectivity index (χ0n) is 10.9. The van der Waals surface area contributed by atoms with Gasteiger partial charge < -0.3 is 14.6 Å². The summed E-state index contributed by atoms with van der Waals surface area (Å²) in [6, 6.07) is 0. The van der Waals surface area contributed by atoms with E-state index in [9.17, 15) is 14.7 Å². The minimum atomic E-state index is -0.616. The molecule has 1 N–H and O–H groups in total. The SMILES string of the molecule is CCOC(=O)/C(C=NCCCC(=O)OC)=C(/C)O. The zero-order chi connectivity index (χ0) is 14.0. The molecule has 0 radical (unpaired) electrons. The van der Waals surface area contributed by atoms with Crippen molar-refractivity contribution in [3.05, 3.63) is 11.3 Å². The third-order valence-corrected chi connectivity index (χ3v) is 2.00. The van der Waals surface area contributed by atoms with Crippen LogP contribution in [0.2, 0.25) is 0 Å². The number of rotatable bonds is 7. The first-order chi connectivity index (χ1) is 8.52. The van der Waals surface area contributed by atoms with E-state index in [-0.39, 0.29) is 30.3 Å². The lowest BCUT2D eigenvalue weighted by atomic mass is 10.2. The second-order valence-electron chi connectivity index (χ2n) is 3.43. The molecule has 0 unspecified atom stereocenters. The lowest BCUT2D eigenvalue weighted by molar-refractivity contribution is -0.141. The molecule has 0 aliphatic carbocycles. The van der Waals surface area contributed by atoms with Gasteiger partial charge in [-0.3, -0.25) is 9.79 Å². The lowest BCUT2D eigenvalue weighted by Gasteiger charge is -2.03. The van der Waals surface area contributed by atoms with Gasteiger partial charge in [0.25, 0.3) is 0 Å². The van der Waals surface area contributed by atoms with Crippen molar-refractivity contribution in [1.82, 2.24) is 0 Å². The molecule has 0 aliphatic rings. The molecule has 6 heteroatoms. The molecular formula is C12H19NO5. The van der Waals surface area contributed by atoms with Crippen molar-refractivity contribution in [3.8, 4) is 0 Å². The van der Waals surface area contributed by atoms with Crippen LogP contribution in [0, 0.1) is 0 Å². The summed E-state index contributed by atoms with van der Waals surface area (Å²) >= 11 is 0. The summed E-state index contributed by atoms with van der Waals surface area (Å²) in [5, 5.41) is 9.31. The first kappa shape index (κ1) is 16.1. The van der Waals surface area contributed by atoms with Gasteiger partial charge in [0.15, 0.2) is 0 Å². The highest BCUT2D eigenvalue weighted by molar-refractivity contribution is 6.09. The Morgan fingerprint density at radius 1 is 1.39 bits per heavy atom. The average molecular weight is 257 g/mol. The molecule has 6 nitrogen and oxygen atoms in total. The smallest absolute Gasteiger partial charge is 0.343 e. The summed E-state index contributed by atoms with van der Waals surface area (Å²) in [5.41, 5.74) is 0.0231. The number of methoxy groups -OCH3 is 1. The second kappa shape index (κ2) is 9.21. The largest absolute Gasteiger partial charge is 0.512 e.